The number of anilines is 1. The third kappa shape index (κ3) is 2.27. The Kier molecular flexibility index (Phi) is 2.99. The first-order valence-corrected chi connectivity index (χ1v) is 5.73. The number of nitrogens with zero attached hydrogens (tertiary/aromatic N) is 4. The van der Waals surface area contributed by atoms with Gasteiger partial charge in [0.1, 0.15) is 0 Å². The predicted molar refractivity (Wildman–Crippen MR) is 68.7 cm³/mol. The molecule has 0 radical (unpaired) electrons. The van der Waals surface area contributed by atoms with Crippen LogP contribution in [-0.4, -0.2) is 37.1 Å². The predicted octanol–water partition coefficient (Wildman–Crippen LogP) is 0.963. The second-order valence-electron chi connectivity index (χ2n) is 3.90. The maximum Gasteiger partial charge on any atom is 0.356 e. The average molecular weight is 285 g/mol. The molecule has 9 nitrogen and oxygen atoms in total. The zero-order chi connectivity index (χ0) is 14.8. The van der Waals surface area contributed by atoms with Crippen molar-refractivity contribution in [3.63, 3.8) is 0 Å². The van der Waals surface area contributed by atoms with E-state index in [9.17, 15) is 9.59 Å². The van der Waals surface area contributed by atoms with Gasteiger partial charge in [-0.05, 0) is 12.1 Å². The minimum Gasteiger partial charge on any atom is -0.476 e. The largest absolute Gasteiger partial charge is 0.476 e. The molecule has 0 atom stereocenters. The molecule has 0 spiro atoms. The van der Waals surface area contributed by atoms with Gasteiger partial charge in [-0.25, -0.2) is 19.7 Å². The fourth-order valence-corrected chi connectivity index (χ4v) is 1.70. The molecule has 3 aromatic rings. The van der Waals surface area contributed by atoms with E-state index >= 15 is 0 Å². The molecule has 0 saturated heterocycles. The summed E-state index contributed by atoms with van der Waals surface area (Å²) in [6, 6.07) is 3.31. The van der Waals surface area contributed by atoms with Gasteiger partial charge in [-0.2, -0.15) is 0 Å². The van der Waals surface area contributed by atoms with Crippen LogP contribution >= 0.6 is 0 Å². The average Bonchev–Trinajstić information content (AvgIpc) is 2.90. The topological polar surface area (TPSA) is 131 Å². The van der Waals surface area contributed by atoms with E-state index in [4.69, 9.17) is 9.63 Å². The van der Waals surface area contributed by atoms with Gasteiger partial charge in [0.2, 0.25) is 0 Å². The van der Waals surface area contributed by atoms with Crippen LogP contribution in [0.5, 0.6) is 0 Å². The summed E-state index contributed by atoms with van der Waals surface area (Å²) >= 11 is 0. The summed E-state index contributed by atoms with van der Waals surface area (Å²) in [6.07, 6.45) is 3.93. The summed E-state index contributed by atoms with van der Waals surface area (Å²) in [6.45, 7) is 0. The summed E-state index contributed by atoms with van der Waals surface area (Å²) < 4.78 is 4.94. The number of hydrogen-bond donors (Lipinski definition) is 2. The number of amides is 1. The van der Waals surface area contributed by atoms with Crippen molar-refractivity contribution in [2.45, 2.75) is 0 Å². The van der Waals surface area contributed by atoms with Crippen LogP contribution in [0.2, 0.25) is 0 Å². The second-order valence-corrected chi connectivity index (χ2v) is 3.90. The standard InChI is InChI=1S/C12H7N5O4/c18-10(7-8(12(19)20)14-5-4-13-7)16-9-6-2-1-3-15-11(6)21-17-9/h1-5H,(H,19,20)(H,16,17,18). The first kappa shape index (κ1) is 12.7. The first-order chi connectivity index (χ1) is 10.2. The molecule has 1 amide bonds. The number of carbonyl (C=O) groups is 2. The summed E-state index contributed by atoms with van der Waals surface area (Å²) in [5.41, 5.74) is -0.503. The molecular formula is C12H7N5O4. The van der Waals surface area contributed by atoms with Crippen molar-refractivity contribution < 1.29 is 19.2 Å². The number of fused-ring (bicyclic) bond motifs is 1. The molecule has 0 unspecified atom stereocenters. The van der Waals surface area contributed by atoms with E-state index < -0.39 is 17.6 Å². The third-order valence-corrected chi connectivity index (χ3v) is 2.60. The quantitative estimate of drug-likeness (QED) is 0.727. The molecule has 0 saturated carbocycles. The van der Waals surface area contributed by atoms with E-state index in [0.29, 0.717) is 5.39 Å². The molecule has 104 valence electrons. The van der Waals surface area contributed by atoms with Crippen molar-refractivity contribution in [3.8, 4) is 0 Å². The normalized spacial score (nSPS) is 10.5. The molecule has 2 N–H and O–H groups in total. The van der Waals surface area contributed by atoms with Crippen molar-refractivity contribution in [1.82, 2.24) is 20.1 Å². The summed E-state index contributed by atoms with van der Waals surface area (Å²) in [5, 5.41) is 15.6. The number of rotatable bonds is 3. The van der Waals surface area contributed by atoms with Gasteiger partial charge in [0.05, 0.1) is 5.39 Å². The lowest BCUT2D eigenvalue weighted by atomic mass is 10.2. The summed E-state index contributed by atoms with van der Waals surface area (Å²) in [7, 11) is 0. The first-order valence-electron chi connectivity index (χ1n) is 5.73. The number of carbonyl (C=O) groups excluding carboxylic acids is 1. The van der Waals surface area contributed by atoms with Gasteiger partial charge in [-0.15, -0.1) is 0 Å². The Morgan fingerprint density at radius 2 is 1.86 bits per heavy atom. The molecule has 3 aromatic heterocycles. The van der Waals surface area contributed by atoms with E-state index in [1.165, 1.54) is 18.6 Å². The number of aromatic carboxylic acids is 1. The number of pyridine rings is 1. The lowest BCUT2D eigenvalue weighted by molar-refractivity contribution is 0.0685. The maximum atomic E-state index is 12.1. The van der Waals surface area contributed by atoms with Gasteiger partial charge in [0.15, 0.2) is 17.2 Å². The molecule has 0 fully saturated rings. The van der Waals surface area contributed by atoms with E-state index in [1.54, 1.807) is 12.1 Å². The molecule has 3 heterocycles. The molecule has 0 aliphatic heterocycles. The van der Waals surface area contributed by atoms with Crippen molar-refractivity contribution in [2.75, 3.05) is 5.32 Å². The Hall–Kier alpha value is -3.36. The second kappa shape index (κ2) is 4.96. The van der Waals surface area contributed by atoms with Crippen molar-refractivity contribution in [1.29, 1.82) is 0 Å². The van der Waals surface area contributed by atoms with Crippen molar-refractivity contribution >= 4 is 28.8 Å². The SMILES string of the molecule is O=C(O)c1nccnc1C(=O)Nc1noc2ncccc12. The zero-order valence-electron chi connectivity index (χ0n) is 10.3. The minimum absolute atomic E-state index is 0.130. The molecule has 3 rings (SSSR count). The fraction of sp³-hybridized carbons (Fsp3) is 0. The number of carboxylic acids is 1. The molecule has 21 heavy (non-hydrogen) atoms. The zero-order valence-corrected chi connectivity index (χ0v) is 10.3. The van der Waals surface area contributed by atoms with Crippen LogP contribution in [0.25, 0.3) is 11.1 Å². The van der Waals surface area contributed by atoms with Gasteiger partial charge in [0, 0.05) is 18.6 Å². The van der Waals surface area contributed by atoms with E-state index in [-0.39, 0.29) is 17.2 Å². The van der Waals surface area contributed by atoms with Crippen LogP contribution in [-0.2, 0) is 0 Å². The number of hydrogen-bond acceptors (Lipinski definition) is 7. The molecular weight excluding hydrogens is 278 g/mol. The minimum atomic E-state index is -1.35. The van der Waals surface area contributed by atoms with Crippen LogP contribution in [0, 0.1) is 0 Å². The van der Waals surface area contributed by atoms with Gasteiger partial charge >= 0.3 is 5.97 Å². The van der Waals surface area contributed by atoms with E-state index in [0.717, 1.165) is 0 Å². The number of aromatic nitrogens is 4. The highest BCUT2D eigenvalue weighted by atomic mass is 16.5. The van der Waals surface area contributed by atoms with Gasteiger partial charge in [-0.3, -0.25) is 4.79 Å². The molecule has 0 aliphatic carbocycles. The molecule has 0 aliphatic rings. The number of carboxylic acid groups (broad SMARTS) is 1. The van der Waals surface area contributed by atoms with Crippen LogP contribution in [0.4, 0.5) is 5.82 Å². The summed E-state index contributed by atoms with van der Waals surface area (Å²) in [5.74, 6) is -1.97. The Morgan fingerprint density at radius 3 is 2.62 bits per heavy atom. The Morgan fingerprint density at radius 1 is 1.10 bits per heavy atom. The molecule has 0 bridgehead atoms. The Bertz CT molecular complexity index is 844. The van der Waals surface area contributed by atoms with Crippen LogP contribution < -0.4 is 5.32 Å². The lowest BCUT2D eigenvalue weighted by Gasteiger charge is -2.03. The van der Waals surface area contributed by atoms with E-state index in [1.807, 2.05) is 0 Å². The van der Waals surface area contributed by atoms with E-state index in [2.05, 4.69) is 25.4 Å². The summed E-state index contributed by atoms with van der Waals surface area (Å²) in [4.78, 5) is 34.4. The van der Waals surface area contributed by atoms with Gasteiger partial charge in [0.25, 0.3) is 11.6 Å². The van der Waals surface area contributed by atoms with Crippen LogP contribution in [0.1, 0.15) is 21.0 Å². The highest BCUT2D eigenvalue weighted by molar-refractivity contribution is 6.10. The highest BCUT2D eigenvalue weighted by Gasteiger charge is 2.21. The Labute approximate surface area is 116 Å². The van der Waals surface area contributed by atoms with Crippen molar-refractivity contribution in [2.24, 2.45) is 0 Å². The lowest BCUT2D eigenvalue weighted by Crippen LogP contribution is -2.19. The molecule has 9 heteroatoms. The number of nitrogens with one attached hydrogen (secondary N) is 1. The van der Waals surface area contributed by atoms with Crippen LogP contribution in [0.15, 0.2) is 35.2 Å². The monoisotopic (exact) mass is 285 g/mol. The van der Waals surface area contributed by atoms with Crippen LogP contribution in [0.3, 0.4) is 0 Å². The van der Waals surface area contributed by atoms with Crippen molar-refractivity contribution in [3.05, 3.63) is 42.1 Å². The third-order valence-electron chi connectivity index (χ3n) is 2.60. The smallest absolute Gasteiger partial charge is 0.356 e. The Balaban J connectivity index is 1.95. The fourth-order valence-electron chi connectivity index (χ4n) is 1.70. The van der Waals surface area contributed by atoms with Gasteiger partial charge < -0.3 is 14.9 Å². The van der Waals surface area contributed by atoms with Gasteiger partial charge in [-0.1, -0.05) is 5.16 Å². The molecule has 0 aromatic carbocycles. The maximum absolute atomic E-state index is 12.1. The highest BCUT2D eigenvalue weighted by Crippen LogP contribution is 2.20.